The lowest BCUT2D eigenvalue weighted by atomic mass is 10.3. The van der Waals surface area contributed by atoms with E-state index in [1.165, 1.54) is 4.88 Å². The van der Waals surface area contributed by atoms with Crippen molar-refractivity contribution in [3.63, 3.8) is 0 Å². The van der Waals surface area contributed by atoms with Crippen LogP contribution in [-0.4, -0.2) is 9.97 Å². The largest absolute Gasteiger partial charge is 0.362 e. The Morgan fingerprint density at radius 3 is 3.06 bits per heavy atom. The van der Waals surface area contributed by atoms with Gasteiger partial charge in [-0.3, -0.25) is 0 Å². The fourth-order valence-electron chi connectivity index (χ4n) is 1.26. The van der Waals surface area contributed by atoms with Gasteiger partial charge in [-0.05, 0) is 45.9 Å². The van der Waals surface area contributed by atoms with Crippen LogP contribution in [0.15, 0.2) is 28.2 Å². The van der Waals surface area contributed by atoms with Gasteiger partial charge in [0, 0.05) is 11.1 Å². The van der Waals surface area contributed by atoms with Crippen LogP contribution < -0.4 is 5.32 Å². The molecule has 0 spiro atoms. The second kappa shape index (κ2) is 5.12. The Hall–Kier alpha value is -0.650. The van der Waals surface area contributed by atoms with Gasteiger partial charge in [-0.2, -0.15) is 4.98 Å². The summed E-state index contributed by atoms with van der Waals surface area (Å²) in [6, 6.07) is 4.31. The van der Waals surface area contributed by atoms with E-state index in [-0.39, 0.29) is 11.3 Å². The van der Waals surface area contributed by atoms with E-state index < -0.39 is 0 Å². The lowest BCUT2D eigenvalue weighted by molar-refractivity contribution is 0.890. The molecule has 6 heteroatoms. The fraction of sp³-hybridized carbons (Fsp3) is 0.200. The summed E-state index contributed by atoms with van der Waals surface area (Å²) in [7, 11) is 0. The first-order valence-electron chi connectivity index (χ1n) is 4.65. The molecular weight excluding hydrogens is 310 g/mol. The number of nitrogens with zero attached hydrogens (tertiary/aromatic N) is 2. The summed E-state index contributed by atoms with van der Waals surface area (Å²) in [5.74, 6) is 0.709. The lowest BCUT2D eigenvalue weighted by Crippen LogP contribution is -2.07. The van der Waals surface area contributed by atoms with Crippen LogP contribution in [0.3, 0.4) is 0 Å². The third kappa shape index (κ3) is 2.72. The SMILES string of the molecule is CC(Nc1nc(Cl)ncc1Br)c1cccs1. The normalized spacial score (nSPS) is 12.4. The highest BCUT2D eigenvalue weighted by molar-refractivity contribution is 9.10. The van der Waals surface area contributed by atoms with E-state index in [1.54, 1.807) is 17.5 Å². The van der Waals surface area contributed by atoms with Gasteiger partial charge in [0.1, 0.15) is 5.82 Å². The van der Waals surface area contributed by atoms with E-state index in [1.807, 2.05) is 6.07 Å². The quantitative estimate of drug-likeness (QED) is 0.865. The summed E-state index contributed by atoms with van der Waals surface area (Å²) >= 11 is 10.8. The average molecular weight is 319 g/mol. The zero-order valence-corrected chi connectivity index (χ0v) is 11.6. The molecule has 0 aromatic carbocycles. The van der Waals surface area contributed by atoms with E-state index in [2.05, 4.69) is 49.6 Å². The van der Waals surface area contributed by atoms with E-state index in [9.17, 15) is 0 Å². The first-order valence-corrected chi connectivity index (χ1v) is 6.70. The molecule has 84 valence electrons. The maximum atomic E-state index is 5.74. The summed E-state index contributed by atoms with van der Waals surface area (Å²) < 4.78 is 0.806. The minimum Gasteiger partial charge on any atom is -0.362 e. The van der Waals surface area contributed by atoms with Crippen LogP contribution in [0.2, 0.25) is 5.28 Å². The Morgan fingerprint density at radius 1 is 1.56 bits per heavy atom. The van der Waals surface area contributed by atoms with Crippen molar-refractivity contribution in [1.82, 2.24) is 9.97 Å². The third-order valence-corrected chi connectivity index (χ3v) is 3.86. The fourth-order valence-corrected chi connectivity index (χ4v) is 2.43. The standard InChI is InChI=1S/C10H9BrClN3S/c1-6(8-3-2-4-16-8)14-9-7(11)5-13-10(12)15-9/h2-6H,1H3,(H,13,14,15). The highest BCUT2D eigenvalue weighted by atomic mass is 79.9. The Morgan fingerprint density at radius 2 is 2.38 bits per heavy atom. The van der Waals surface area contributed by atoms with E-state index in [0.717, 1.165) is 4.47 Å². The lowest BCUT2D eigenvalue weighted by Gasteiger charge is -2.13. The predicted molar refractivity (Wildman–Crippen MR) is 71.1 cm³/mol. The van der Waals surface area contributed by atoms with Crippen molar-refractivity contribution >= 4 is 44.7 Å². The Balaban J connectivity index is 2.17. The number of halogens is 2. The summed E-state index contributed by atoms with van der Waals surface area (Å²) in [6.07, 6.45) is 1.64. The van der Waals surface area contributed by atoms with Gasteiger partial charge in [0.2, 0.25) is 5.28 Å². The molecule has 16 heavy (non-hydrogen) atoms. The summed E-state index contributed by atoms with van der Waals surface area (Å²) in [5.41, 5.74) is 0. The topological polar surface area (TPSA) is 37.8 Å². The molecule has 0 radical (unpaired) electrons. The molecule has 1 atom stereocenters. The van der Waals surface area contributed by atoms with E-state index >= 15 is 0 Å². The summed E-state index contributed by atoms with van der Waals surface area (Å²) in [4.78, 5) is 9.25. The molecule has 0 fully saturated rings. The van der Waals surface area contributed by atoms with Crippen LogP contribution >= 0.6 is 38.9 Å². The molecule has 0 aliphatic heterocycles. The first-order chi connectivity index (χ1) is 7.66. The molecule has 2 aromatic rings. The van der Waals surface area contributed by atoms with Gasteiger partial charge in [0.15, 0.2) is 0 Å². The Labute approximate surface area is 111 Å². The van der Waals surface area contributed by atoms with Gasteiger partial charge in [-0.1, -0.05) is 6.07 Å². The molecule has 2 rings (SSSR count). The zero-order valence-electron chi connectivity index (χ0n) is 8.45. The molecule has 0 amide bonds. The van der Waals surface area contributed by atoms with E-state index in [4.69, 9.17) is 11.6 Å². The number of hydrogen-bond acceptors (Lipinski definition) is 4. The second-order valence-electron chi connectivity index (χ2n) is 3.22. The van der Waals surface area contributed by atoms with Gasteiger partial charge < -0.3 is 5.32 Å². The van der Waals surface area contributed by atoms with Crippen molar-refractivity contribution in [2.45, 2.75) is 13.0 Å². The molecule has 1 unspecified atom stereocenters. The van der Waals surface area contributed by atoms with Crippen LogP contribution in [0.4, 0.5) is 5.82 Å². The number of aromatic nitrogens is 2. The Bertz CT molecular complexity index is 475. The molecular formula is C10H9BrClN3S. The van der Waals surface area contributed by atoms with Gasteiger partial charge >= 0.3 is 0 Å². The summed E-state index contributed by atoms with van der Waals surface area (Å²) in [5, 5.41) is 5.57. The first kappa shape index (κ1) is 11.8. The monoisotopic (exact) mass is 317 g/mol. The van der Waals surface area contributed by atoms with Crippen LogP contribution in [-0.2, 0) is 0 Å². The molecule has 2 heterocycles. The van der Waals surface area contributed by atoms with Crippen molar-refractivity contribution in [3.8, 4) is 0 Å². The van der Waals surface area contributed by atoms with E-state index in [0.29, 0.717) is 5.82 Å². The highest BCUT2D eigenvalue weighted by Crippen LogP contribution is 2.26. The molecule has 2 aromatic heterocycles. The highest BCUT2D eigenvalue weighted by Gasteiger charge is 2.10. The molecule has 0 bridgehead atoms. The number of nitrogens with one attached hydrogen (secondary N) is 1. The third-order valence-electron chi connectivity index (χ3n) is 2.04. The van der Waals surface area contributed by atoms with Crippen LogP contribution in [0.1, 0.15) is 17.8 Å². The van der Waals surface area contributed by atoms with Gasteiger partial charge in [-0.15, -0.1) is 11.3 Å². The number of thiophene rings is 1. The van der Waals surface area contributed by atoms with Gasteiger partial charge in [0.25, 0.3) is 0 Å². The van der Waals surface area contributed by atoms with Crippen molar-refractivity contribution in [3.05, 3.63) is 38.3 Å². The Kier molecular flexibility index (Phi) is 3.78. The van der Waals surface area contributed by atoms with Crippen molar-refractivity contribution in [2.75, 3.05) is 5.32 Å². The van der Waals surface area contributed by atoms with Crippen LogP contribution in [0.5, 0.6) is 0 Å². The smallest absolute Gasteiger partial charge is 0.224 e. The number of hydrogen-bond donors (Lipinski definition) is 1. The maximum absolute atomic E-state index is 5.74. The number of anilines is 1. The summed E-state index contributed by atoms with van der Waals surface area (Å²) in [6.45, 7) is 2.08. The van der Waals surface area contributed by atoms with Crippen LogP contribution in [0, 0.1) is 0 Å². The minimum absolute atomic E-state index is 0.197. The predicted octanol–water partition coefficient (Wildman–Crippen LogP) is 4.13. The molecule has 1 N–H and O–H groups in total. The van der Waals surface area contributed by atoms with Crippen molar-refractivity contribution < 1.29 is 0 Å². The van der Waals surface area contributed by atoms with Gasteiger partial charge in [-0.25, -0.2) is 4.98 Å². The zero-order chi connectivity index (χ0) is 11.5. The molecule has 0 saturated heterocycles. The second-order valence-corrected chi connectivity index (χ2v) is 5.39. The molecule has 0 aliphatic rings. The molecule has 0 aliphatic carbocycles. The average Bonchev–Trinajstić information content (AvgIpc) is 2.76. The minimum atomic E-state index is 0.197. The maximum Gasteiger partial charge on any atom is 0.224 e. The number of rotatable bonds is 3. The van der Waals surface area contributed by atoms with Crippen LogP contribution in [0.25, 0.3) is 0 Å². The molecule has 3 nitrogen and oxygen atoms in total. The van der Waals surface area contributed by atoms with Crippen molar-refractivity contribution in [2.24, 2.45) is 0 Å². The molecule has 0 saturated carbocycles. The van der Waals surface area contributed by atoms with Crippen molar-refractivity contribution in [1.29, 1.82) is 0 Å². The van der Waals surface area contributed by atoms with Gasteiger partial charge in [0.05, 0.1) is 10.5 Å².